The Balaban J connectivity index is 2.65. The van der Waals surface area contributed by atoms with E-state index in [1.54, 1.807) is 6.20 Å². The van der Waals surface area contributed by atoms with Crippen molar-refractivity contribution < 1.29 is 4.79 Å². The van der Waals surface area contributed by atoms with Crippen LogP contribution in [0.25, 0.3) is 0 Å². The van der Waals surface area contributed by atoms with Gasteiger partial charge in [0.05, 0.1) is 6.04 Å². The van der Waals surface area contributed by atoms with Crippen LogP contribution in [-0.2, 0) is 4.79 Å². The molecule has 9 heavy (non-hydrogen) atoms. The Bertz CT molecular complexity index is 162. The summed E-state index contributed by atoms with van der Waals surface area (Å²) in [5.74, 6) is -0.0828. The average molecular weight is 126 g/mol. The number of carbonyl (C=O) groups is 1. The van der Waals surface area contributed by atoms with Gasteiger partial charge in [-0.15, -0.1) is 0 Å². The van der Waals surface area contributed by atoms with E-state index in [2.05, 4.69) is 5.32 Å². The van der Waals surface area contributed by atoms with Crippen molar-refractivity contribution in [2.45, 2.75) is 19.4 Å². The van der Waals surface area contributed by atoms with Crippen LogP contribution < -0.4 is 11.1 Å². The lowest BCUT2D eigenvalue weighted by atomic mass is 10.1. The summed E-state index contributed by atoms with van der Waals surface area (Å²) >= 11 is 0. The number of amides is 1. The van der Waals surface area contributed by atoms with Crippen LogP contribution in [0.5, 0.6) is 0 Å². The molecule has 0 aliphatic carbocycles. The minimum atomic E-state index is -0.338. The minimum absolute atomic E-state index is 0.0828. The molecule has 1 unspecified atom stereocenters. The molecule has 50 valence electrons. The fraction of sp³-hybridized carbons (Fsp3) is 0.500. The van der Waals surface area contributed by atoms with Crippen LogP contribution >= 0.6 is 0 Å². The van der Waals surface area contributed by atoms with Gasteiger partial charge in [0.25, 0.3) is 0 Å². The average Bonchev–Trinajstić information content (AvgIpc) is 1.80. The van der Waals surface area contributed by atoms with Crippen LogP contribution in [0, 0.1) is 0 Å². The van der Waals surface area contributed by atoms with Gasteiger partial charge in [-0.3, -0.25) is 4.79 Å². The van der Waals surface area contributed by atoms with Gasteiger partial charge in [0, 0.05) is 6.20 Å². The molecule has 0 aromatic carbocycles. The molecule has 1 atom stereocenters. The van der Waals surface area contributed by atoms with E-state index in [0.29, 0.717) is 6.42 Å². The summed E-state index contributed by atoms with van der Waals surface area (Å²) in [7, 11) is 0. The Hall–Kier alpha value is -0.830. The third kappa shape index (κ3) is 1.29. The fourth-order valence-corrected chi connectivity index (χ4v) is 0.800. The quantitative estimate of drug-likeness (QED) is 0.469. The molecule has 3 N–H and O–H groups in total. The first-order chi connectivity index (χ1) is 4.20. The molecule has 1 rings (SSSR count). The Labute approximate surface area is 53.9 Å². The molecule has 0 spiro atoms. The summed E-state index contributed by atoms with van der Waals surface area (Å²) < 4.78 is 0. The van der Waals surface area contributed by atoms with E-state index in [-0.39, 0.29) is 11.9 Å². The monoisotopic (exact) mass is 126 g/mol. The molecule has 3 nitrogen and oxygen atoms in total. The molecule has 0 aromatic heterocycles. The van der Waals surface area contributed by atoms with Crippen LogP contribution in [0.15, 0.2) is 11.8 Å². The maximum atomic E-state index is 10.7. The maximum absolute atomic E-state index is 10.7. The fourth-order valence-electron chi connectivity index (χ4n) is 0.800. The Morgan fingerprint density at radius 3 is 3.00 bits per heavy atom. The topological polar surface area (TPSA) is 55.1 Å². The molecule has 0 aromatic rings. The first kappa shape index (κ1) is 6.29. The summed E-state index contributed by atoms with van der Waals surface area (Å²) in [6.45, 7) is 1.94. The van der Waals surface area contributed by atoms with E-state index in [1.165, 1.54) is 0 Å². The first-order valence-electron chi connectivity index (χ1n) is 2.92. The zero-order chi connectivity index (χ0) is 6.85. The summed E-state index contributed by atoms with van der Waals surface area (Å²) in [6, 6.07) is -0.338. The number of rotatable bonds is 0. The summed E-state index contributed by atoms with van der Waals surface area (Å²) in [6.07, 6.45) is 2.39. The van der Waals surface area contributed by atoms with Crippen LogP contribution in [0.3, 0.4) is 0 Å². The van der Waals surface area contributed by atoms with E-state index in [9.17, 15) is 4.79 Å². The van der Waals surface area contributed by atoms with E-state index in [1.807, 2.05) is 6.92 Å². The van der Waals surface area contributed by atoms with Crippen molar-refractivity contribution in [1.29, 1.82) is 0 Å². The number of hydrogen-bond acceptors (Lipinski definition) is 2. The molecular weight excluding hydrogens is 116 g/mol. The second kappa shape index (κ2) is 2.19. The molecule has 0 radical (unpaired) electrons. The lowest BCUT2D eigenvalue weighted by Crippen LogP contribution is -2.41. The number of nitrogens with two attached hydrogens (primary N) is 1. The van der Waals surface area contributed by atoms with Gasteiger partial charge < -0.3 is 11.1 Å². The Morgan fingerprint density at radius 1 is 1.89 bits per heavy atom. The third-order valence-corrected chi connectivity index (χ3v) is 1.34. The Morgan fingerprint density at radius 2 is 2.56 bits per heavy atom. The molecule has 1 aliphatic heterocycles. The van der Waals surface area contributed by atoms with E-state index < -0.39 is 0 Å². The lowest BCUT2D eigenvalue weighted by molar-refractivity contribution is -0.121. The second-order valence-electron chi connectivity index (χ2n) is 2.31. The van der Waals surface area contributed by atoms with Crippen molar-refractivity contribution in [1.82, 2.24) is 5.32 Å². The second-order valence-corrected chi connectivity index (χ2v) is 2.31. The molecule has 1 amide bonds. The van der Waals surface area contributed by atoms with Gasteiger partial charge in [0.15, 0.2) is 0 Å². The van der Waals surface area contributed by atoms with Crippen LogP contribution in [0.4, 0.5) is 0 Å². The van der Waals surface area contributed by atoms with Gasteiger partial charge in [-0.25, -0.2) is 0 Å². The number of carbonyl (C=O) groups excluding carboxylic acids is 1. The first-order valence-corrected chi connectivity index (χ1v) is 2.92. The molecule has 1 heterocycles. The van der Waals surface area contributed by atoms with Crippen molar-refractivity contribution in [2.24, 2.45) is 5.73 Å². The standard InChI is InChI=1S/C6H10N2O/c1-4-2-5(7)6(9)8-3-4/h3,5H,2,7H2,1H3,(H,8,9). The molecule has 0 saturated heterocycles. The van der Waals surface area contributed by atoms with Gasteiger partial charge in [0.1, 0.15) is 0 Å². The predicted octanol–water partition coefficient (Wildman–Crippen LogP) is -0.263. The van der Waals surface area contributed by atoms with Crippen LogP contribution in [0.1, 0.15) is 13.3 Å². The largest absolute Gasteiger partial charge is 0.331 e. The summed E-state index contributed by atoms with van der Waals surface area (Å²) in [5, 5.41) is 2.56. The van der Waals surface area contributed by atoms with Gasteiger partial charge in [-0.1, -0.05) is 5.57 Å². The van der Waals surface area contributed by atoms with E-state index in [4.69, 9.17) is 5.73 Å². The molecular formula is C6H10N2O. The van der Waals surface area contributed by atoms with Crippen LogP contribution in [-0.4, -0.2) is 11.9 Å². The molecule has 0 fully saturated rings. The van der Waals surface area contributed by atoms with Crippen LogP contribution in [0.2, 0.25) is 0 Å². The smallest absolute Gasteiger partial charge is 0.241 e. The summed E-state index contributed by atoms with van der Waals surface area (Å²) in [4.78, 5) is 10.7. The molecule has 3 heteroatoms. The highest BCUT2D eigenvalue weighted by Crippen LogP contribution is 2.05. The lowest BCUT2D eigenvalue weighted by Gasteiger charge is -2.15. The van der Waals surface area contributed by atoms with E-state index >= 15 is 0 Å². The molecule has 1 aliphatic rings. The minimum Gasteiger partial charge on any atom is -0.331 e. The highest BCUT2D eigenvalue weighted by atomic mass is 16.2. The van der Waals surface area contributed by atoms with E-state index in [0.717, 1.165) is 5.57 Å². The highest BCUT2D eigenvalue weighted by Gasteiger charge is 2.16. The van der Waals surface area contributed by atoms with Gasteiger partial charge >= 0.3 is 0 Å². The zero-order valence-electron chi connectivity index (χ0n) is 5.35. The van der Waals surface area contributed by atoms with Gasteiger partial charge in [-0.05, 0) is 13.3 Å². The highest BCUT2D eigenvalue weighted by molar-refractivity contribution is 5.83. The van der Waals surface area contributed by atoms with Crippen molar-refractivity contribution >= 4 is 5.91 Å². The number of nitrogens with one attached hydrogen (secondary N) is 1. The third-order valence-electron chi connectivity index (χ3n) is 1.34. The Kier molecular flexibility index (Phi) is 1.53. The van der Waals surface area contributed by atoms with Gasteiger partial charge in [0.2, 0.25) is 5.91 Å². The van der Waals surface area contributed by atoms with Crippen molar-refractivity contribution in [2.75, 3.05) is 0 Å². The normalized spacial score (nSPS) is 27.1. The predicted molar refractivity (Wildman–Crippen MR) is 34.5 cm³/mol. The summed E-state index contributed by atoms with van der Waals surface area (Å²) in [5.41, 5.74) is 6.54. The SMILES string of the molecule is CC1=CNC(=O)C(N)C1. The van der Waals surface area contributed by atoms with Crippen molar-refractivity contribution in [3.8, 4) is 0 Å². The molecule has 0 saturated carbocycles. The zero-order valence-corrected chi connectivity index (χ0v) is 5.35. The van der Waals surface area contributed by atoms with Crippen molar-refractivity contribution in [3.05, 3.63) is 11.8 Å². The van der Waals surface area contributed by atoms with Gasteiger partial charge in [-0.2, -0.15) is 0 Å². The van der Waals surface area contributed by atoms with Crippen molar-refractivity contribution in [3.63, 3.8) is 0 Å². The molecule has 0 bridgehead atoms. The number of hydrogen-bond donors (Lipinski definition) is 2. The maximum Gasteiger partial charge on any atom is 0.241 e.